The number of carbonyl (C=O) groups excluding carboxylic acids is 5. The van der Waals surface area contributed by atoms with Crippen molar-refractivity contribution < 1.29 is 58.2 Å². The van der Waals surface area contributed by atoms with Gasteiger partial charge in [-0.25, -0.2) is 0 Å². The second kappa shape index (κ2) is 23.8. The van der Waals surface area contributed by atoms with Gasteiger partial charge in [0, 0.05) is 100 Å². The number of carbonyl (C=O) groups is 5. The van der Waals surface area contributed by atoms with Crippen LogP contribution in [-0.2, 0) is 28.6 Å². The predicted molar refractivity (Wildman–Crippen MR) is 278 cm³/mol. The van der Waals surface area contributed by atoms with E-state index < -0.39 is 88.7 Å². The molecule has 400 valence electrons. The summed E-state index contributed by atoms with van der Waals surface area (Å²) in [5.41, 5.74) is -1.39. The van der Waals surface area contributed by atoms with Crippen LogP contribution in [0.4, 0.5) is 0 Å². The summed E-state index contributed by atoms with van der Waals surface area (Å²) in [6, 6.07) is 0. The monoisotopic (exact) mass is 1010 g/mol. The van der Waals surface area contributed by atoms with Crippen molar-refractivity contribution in [2.45, 2.75) is 169 Å². The van der Waals surface area contributed by atoms with Crippen LogP contribution in [0.5, 0.6) is 11.5 Å². The number of ether oxygens (including phenoxy) is 4. The topological polar surface area (TPSA) is 214 Å². The molecule has 4 N–H and O–H groups in total. The van der Waals surface area contributed by atoms with E-state index >= 15 is 14.4 Å². The Morgan fingerprint density at radius 3 is 2.23 bits per heavy atom. The average molecular weight is 1010 g/mol. The van der Waals surface area contributed by atoms with Crippen LogP contribution in [0.15, 0.2) is 65.2 Å². The number of nitrogens with zero attached hydrogens (tertiary/aromatic N) is 3. The van der Waals surface area contributed by atoms with Gasteiger partial charge in [0.05, 0.1) is 47.1 Å². The van der Waals surface area contributed by atoms with E-state index in [0.717, 1.165) is 45.1 Å². The van der Waals surface area contributed by atoms with Crippen LogP contribution in [0.2, 0.25) is 0 Å². The minimum Gasteiger partial charge on any atom is -0.507 e. The van der Waals surface area contributed by atoms with Gasteiger partial charge in [0.1, 0.15) is 29.0 Å². The first-order valence-corrected chi connectivity index (χ1v) is 26.3. The number of piperidine rings is 1. The molecule has 16 nitrogen and oxygen atoms in total. The quantitative estimate of drug-likeness (QED) is 0.0835. The number of nitrogens with one attached hydrogen (secondary N) is 1. The number of amides is 2. The highest BCUT2D eigenvalue weighted by Gasteiger charge is 2.58. The lowest BCUT2D eigenvalue weighted by Gasteiger charge is -2.44. The zero-order valence-corrected chi connectivity index (χ0v) is 44.9. The van der Waals surface area contributed by atoms with Gasteiger partial charge in [-0.2, -0.15) is 0 Å². The third kappa shape index (κ3) is 11.8. The number of unbranched alkanes of at least 4 members (excludes halogenated alkanes) is 6. The molecule has 9 atom stereocenters. The number of phenols is 1. The molecular weight excluding hydrogens is 933 g/mol. The number of allylic oxidation sites excluding steroid dienone is 5. The largest absolute Gasteiger partial charge is 0.507 e. The molecular formula is C57H80N4O12. The number of hydrogen-bond donors (Lipinski definition) is 4. The third-order valence-electron chi connectivity index (χ3n) is 15.5. The van der Waals surface area contributed by atoms with Gasteiger partial charge in [-0.15, -0.1) is 6.58 Å². The van der Waals surface area contributed by atoms with Crippen molar-refractivity contribution in [3.63, 3.8) is 0 Å². The molecule has 1 spiro atoms. The van der Waals surface area contributed by atoms with E-state index in [1.54, 1.807) is 51.7 Å². The van der Waals surface area contributed by atoms with Gasteiger partial charge < -0.3 is 44.5 Å². The normalized spacial score (nSPS) is 30.3. The molecule has 2 amide bonds. The molecule has 1 fully saturated rings. The number of aliphatic hydroxyl groups is 2. The van der Waals surface area contributed by atoms with Crippen LogP contribution in [0.25, 0.3) is 0 Å². The zero-order chi connectivity index (χ0) is 53.7. The van der Waals surface area contributed by atoms with Crippen LogP contribution >= 0.6 is 0 Å². The molecule has 1 aliphatic carbocycles. The van der Waals surface area contributed by atoms with Crippen LogP contribution in [0.3, 0.4) is 0 Å². The molecule has 5 heterocycles. The summed E-state index contributed by atoms with van der Waals surface area (Å²) in [6.07, 6.45) is 13.0. The Morgan fingerprint density at radius 2 is 1.60 bits per heavy atom. The number of methoxy groups -OCH3 is 1. The molecule has 7 rings (SSSR count). The molecule has 1 saturated heterocycles. The first-order valence-electron chi connectivity index (χ1n) is 26.3. The van der Waals surface area contributed by atoms with Crippen LogP contribution in [-0.4, -0.2) is 123 Å². The molecule has 0 saturated carbocycles. The SMILES string of the molecule is C=CCCCCCCCCC(=O)N1C2=C3NC(=O)/C(C)=C\C=C\[C@H](C)[C@H](O)[C@@H](C)[C@@H](O)[C@@H](C)[C@H](OC(C)=O)[C@H](C)[C@@H](OC)/C=C/O[C@@]4(C)Oc5c(C)c(O)c(c(c5C4=O)C2=NC12CCN(CC(C)C)CC2)C3=O. The van der Waals surface area contributed by atoms with Gasteiger partial charge in [-0.1, -0.05) is 91.5 Å². The number of hydrogen-bond acceptors (Lipinski definition) is 14. The summed E-state index contributed by atoms with van der Waals surface area (Å²) in [7, 11) is 1.46. The lowest BCUT2D eigenvalue weighted by molar-refractivity contribution is -0.160. The first-order chi connectivity index (χ1) is 34.5. The number of esters is 1. The molecule has 0 aromatic heterocycles. The number of phenolic OH excluding ortho intramolecular Hbond substituents is 1. The van der Waals surface area contributed by atoms with Gasteiger partial charge in [0.15, 0.2) is 0 Å². The van der Waals surface area contributed by atoms with E-state index in [1.807, 2.05) is 6.08 Å². The Balaban J connectivity index is 1.53. The predicted octanol–water partition coefficient (Wildman–Crippen LogP) is 8.16. The molecule has 1 aromatic carbocycles. The number of rotatable bonds is 13. The lowest BCUT2D eigenvalue weighted by Crippen LogP contribution is -2.54. The summed E-state index contributed by atoms with van der Waals surface area (Å²) in [4.78, 5) is 81.9. The highest BCUT2D eigenvalue weighted by molar-refractivity contribution is 6.35. The summed E-state index contributed by atoms with van der Waals surface area (Å²) >= 11 is 0. The molecule has 73 heavy (non-hydrogen) atoms. The zero-order valence-electron chi connectivity index (χ0n) is 44.9. The maximum absolute atomic E-state index is 15.4. The Bertz CT molecular complexity index is 2440. The first kappa shape index (κ1) is 56.9. The average Bonchev–Trinajstić information content (AvgIpc) is 3.82. The van der Waals surface area contributed by atoms with E-state index in [1.165, 1.54) is 46.3 Å². The fourth-order valence-corrected chi connectivity index (χ4v) is 11.2. The van der Waals surface area contributed by atoms with E-state index in [2.05, 4.69) is 30.6 Å². The fourth-order valence-electron chi connectivity index (χ4n) is 11.2. The number of ketones is 2. The number of fused-ring (bicyclic) bond motifs is 13. The summed E-state index contributed by atoms with van der Waals surface area (Å²) < 4.78 is 24.3. The summed E-state index contributed by atoms with van der Waals surface area (Å²) in [6.45, 7) is 22.8. The highest BCUT2D eigenvalue weighted by atomic mass is 16.7. The maximum atomic E-state index is 15.4. The van der Waals surface area contributed by atoms with Gasteiger partial charge >= 0.3 is 11.8 Å². The summed E-state index contributed by atoms with van der Waals surface area (Å²) in [5, 5.41) is 38.2. The van der Waals surface area contributed by atoms with Crippen molar-refractivity contribution in [2.24, 2.45) is 34.6 Å². The molecule has 6 aliphatic rings. The van der Waals surface area contributed by atoms with Gasteiger partial charge in [0.25, 0.3) is 11.7 Å². The number of aliphatic hydroxyl groups excluding tert-OH is 2. The van der Waals surface area contributed by atoms with Crippen LogP contribution < -0.4 is 10.1 Å². The van der Waals surface area contributed by atoms with Gasteiger partial charge in [0.2, 0.25) is 11.7 Å². The lowest BCUT2D eigenvalue weighted by atomic mass is 9.78. The Kier molecular flexibility index (Phi) is 18.6. The van der Waals surface area contributed by atoms with Crippen LogP contribution in [0, 0.1) is 36.5 Å². The van der Waals surface area contributed by atoms with Crippen LogP contribution in [0.1, 0.15) is 158 Å². The third-order valence-corrected chi connectivity index (χ3v) is 15.5. The number of likely N-dealkylation sites (tertiary alicyclic amines) is 1. The van der Waals surface area contributed by atoms with Gasteiger partial charge in [-0.05, 0) is 45.1 Å². The molecule has 0 unspecified atom stereocenters. The molecule has 5 aliphatic heterocycles. The van der Waals surface area contributed by atoms with Gasteiger partial charge in [-0.3, -0.25) is 33.9 Å². The summed E-state index contributed by atoms with van der Waals surface area (Å²) in [5.74, 6) is -7.78. The van der Waals surface area contributed by atoms with Crippen molar-refractivity contribution >= 4 is 35.1 Å². The molecule has 1 aromatic rings. The number of aromatic hydroxyl groups is 1. The number of aliphatic imine (C=N–C) groups is 1. The Hall–Kier alpha value is -5.42. The van der Waals surface area contributed by atoms with Crippen molar-refractivity contribution in [3.05, 3.63) is 82.4 Å². The maximum Gasteiger partial charge on any atom is 0.312 e. The smallest absolute Gasteiger partial charge is 0.312 e. The van der Waals surface area contributed by atoms with E-state index in [9.17, 15) is 24.9 Å². The second-order valence-electron chi connectivity index (χ2n) is 21.5. The Labute approximate surface area is 431 Å². The number of benzene rings is 1. The van der Waals surface area contributed by atoms with E-state index in [-0.39, 0.29) is 63.0 Å². The fraction of sp³-hybridized carbons (Fsp3) is 0.614. The molecule has 16 heteroatoms. The minimum absolute atomic E-state index is 0.0113. The van der Waals surface area contributed by atoms with E-state index in [0.29, 0.717) is 38.3 Å². The number of Topliss-reactive ketones (excluding diaryl/α,β-unsaturated/α-hetero) is 2. The second-order valence-corrected chi connectivity index (χ2v) is 21.5. The minimum atomic E-state index is -2.06. The Morgan fingerprint density at radius 1 is 0.945 bits per heavy atom. The van der Waals surface area contributed by atoms with Crippen molar-refractivity contribution in [3.8, 4) is 11.5 Å². The van der Waals surface area contributed by atoms with Crippen molar-refractivity contribution in [2.75, 3.05) is 26.7 Å². The van der Waals surface area contributed by atoms with E-state index in [4.69, 9.17) is 23.9 Å². The molecule has 5 bridgehead atoms. The highest BCUT2D eigenvalue weighted by Crippen LogP contribution is 2.52. The molecule has 0 radical (unpaired) electrons. The van der Waals surface area contributed by atoms with Crippen molar-refractivity contribution in [1.29, 1.82) is 0 Å². The standard InChI is InChI=1S/C57H80N4O12/c1-13-14-15-16-17-18-19-20-24-41(63)61-47-45(59-57(61)26-28-60(29-27-57)31-32(2)3)42-43-50(66)38(9)53-44(42)54(68)56(11,73-53)71-30-25-40(70-12)35(6)52(72-39(10)62)37(8)49(65)36(7)48(64)33(4)22-21-23-34(5)55(69)58-46(47)51(43)67/h13,21-23,25,30,32-33,35-37,40,48-49,52,64-66H,1,14-20,24,26-29,31H2,2-12H3,(H,58,69)/b22-21+,30-25+,34-23-/t33-,35+,36+,37+,40-,48-,49+,52+,56-/m0/s1. The van der Waals surface area contributed by atoms with Crippen molar-refractivity contribution in [1.82, 2.24) is 15.1 Å².